The molecule has 0 radical (unpaired) electrons. The molecule has 1 unspecified atom stereocenters. The van der Waals surface area contributed by atoms with Crippen molar-refractivity contribution in [3.63, 3.8) is 0 Å². The molecule has 0 spiro atoms. The molecule has 0 fully saturated rings. The summed E-state index contributed by atoms with van der Waals surface area (Å²) in [6, 6.07) is 6.90. The van der Waals surface area contributed by atoms with Crippen LogP contribution in [0, 0.1) is 0 Å². The highest BCUT2D eigenvalue weighted by atomic mass is 35.5. The predicted octanol–water partition coefficient (Wildman–Crippen LogP) is 2.37. The highest BCUT2D eigenvalue weighted by Crippen LogP contribution is 2.26. The highest BCUT2D eigenvalue weighted by molar-refractivity contribution is 6.30. The Labute approximate surface area is 84.3 Å². The first-order valence-electron chi connectivity index (χ1n) is 4.60. The third-order valence-corrected chi connectivity index (χ3v) is 3.04. The molecule has 1 aliphatic carbocycles. The average Bonchev–Trinajstić information content (AvgIpc) is 2.46. The first-order valence-corrected chi connectivity index (χ1v) is 4.98. The van der Waals surface area contributed by atoms with Crippen LogP contribution < -0.4 is 0 Å². The van der Waals surface area contributed by atoms with Crippen molar-refractivity contribution in [2.24, 2.45) is 0 Å². The summed E-state index contributed by atoms with van der Waals surface area (Å²) >= 11 is 5.94. The van der Waals surface area contributed by atoms with Crippen molar-refractivity contribution in [1.82, 2.24) is 4.90 Å². The molecule has 0 bridgehead atoms. The Morgan fingerprint density at radius 2 is 1.92 bits per heavy atom. The summed E-state index contributed by atoms with van der Waals surface area (Å²) in [4.78, 5) is 2.29. The Bertz CT molecular complexity index is 320. The van der Waals surface area contributed by atoms with E-state index in [1.807, 2.05) is 6.07 Å². The van der Waals surface area contributed by atoms with Gasteiger partial charge in [0.2, 0.25) is 0 Å². The van der Waals surface area contributed by atoms with Crippen LogP contribution in [0.1, 0.15) is 11.1 Å². The zero-order valence-electron chi connectivity index (χ0n) is 8.05. The first kappa shape index (κ1) is 9.04. The molecule has 0 saturated heterocycles. The van der Waals surface area contributed by atoms with Gasteiger partial charge in [-0.2, -0.15) is 0 Å². The van der Waals surface area contributed by atoms with Gasteiger partial charge < -0.3 is 4.90 Å². The molecule has 0 aromatic heterocycles. The maximum absolute atomic E-state index is 5.94. The zero-order valence-corrected chi connectivity index (χ0v) is 8.80. The SMILES string of the molecule is CN(C)C1Cc2ccc(Cl)cc2C1. The molecule has 1 aromatic carbocycles. The molecule has 2 rings (SSSR count). The smallest absolute Gasteiger partial charge is 0.0408 e. The largest absolute Gasteiger partial charge is 0.306 e. The second kappa shape index (κ2) is 3.32. The van der Waals surface area contributed by atoms with Crippen molar-refractivity contribution < 1.29 is 0 Å². The third-order valence-electron chi connectivity index (χ3n) is 2.81. The van der Waals surface area contributed by atoms with Crippen molar-refractivity contribution in [2.45, 2.75) is 18.9 Å². The van der Waals surface area contributed by atoms with E-state index in [2.05, 4.69) is 31.1 Å². The van der Waals surface area contributed by atoms with Gasteiger partial charge in [-0.1, -0.05) is 17.7 Å². The van der Waals surface area contributed by atoms with Gasteiger partial charge >= 0.3 is 0 Å². The van der Waals surface area contributed by atoms with E-state index >= 15 is 0 Å². The van der Waals surface area contributed by atoms with Gasteiger partial charge in [0.1, 0.15) is 0 Å². The van der Waals surface area contributed by atoms with Gasteiger partial charge in [0.25, 0.3) is 0 Å². The van der Waals surface area contributed by atoms with Gasteiger partial charge in [0.05, 0.1) is 0 Å². The number of fused-ring (bicyclic) bond motifs is 1. The summed E-state index contributed by atoms with van der Waals surface area (Å²) in [6.07, 6.45) is 2.31. The van der Waals surface area contributed by atoms with Crippen LogP contribution in [-0.2, 0) is 12.8 Å². The molecule has 0 saturated carbocycles. The fraction of sp³-hybridized carbons (Fsp3) is 0.455. The number of likely N-dealkylation sites (N-methyl/N-ethyl adjacent to an activating group) is 1. The second-order valence-electron chi connectivity index (χ2n) is 3.94. The topological polar surface area (TPSA) is 3.24 Å². The molecule has 0 aliphatic heterocycles. The van der Waals surface area contributed by atoms with Crippen LogP contribution in [-0.4, -0.2) is 25.0 Å². The van der Waals surface area contributed by atoms with Crippen LogP contribution in [0.3, 0.4) is 0 Å². The summed E-state index contributed by atoms with van der Waals surface area (Å²) in [6.45, 7) is 0. The van der Waals surface area contributed by atoms with Gasteiger partial charge in [-0.25, -0.2) is 0 Å². The Kier molecular flexibility index (Phi) is 2.31. The first-order chi connectivity index (χ1) is 6.16. The van der Waals surface area contributed by atoms with E-state index < -0.39 is 0 Å². The summed E-state index contributed by atoms with van der Waals surface area (Å²) in [7, 11) is 4.27. The fourth-order valence-corrected chi connectivity index (χ4v) is 2.12. The molecule has 2 heteroatoms. The maximum atomic E-state index is 5.94. The molecule has 70 valence electrons. The van der Waals surface area contributed by atoms with E-state index in [0.717, 1.165) is 11.4 Å². The number of halogens is 1. The Morgan fingerprint density at radius 1 is 1.23 bits per heavy atom. The summed E-state index contributed by atoms with van der Waals surface area (Å²) in [5.74, 6) is 0. The number of hydrogen-bond donors (Lipinski definition) is 0. The van der Waals surface area contributed by atoms with Crippen molar-refractivity contribution in [3.05, 3.63) is 34.3 Å². The van der Waals surface area contributed by atoms with Crippen LogP contribution in [0.15, 0.2) is 18.2 Å². The molecular formula is C11H14ClN. The van der Waals surface area contributed by atoms with Gasteiger partial charge in [0.15, 0.2) is 0 Å². The van der Waals surface area contributed by atoms with Gasteiger partial charge in [-0.05, 0) is 50.2 Å². The maximum Gasteiger partial charge on any atom is 0.0408 e. The summed E-state index contributed by atoms with van der Waals surface area (Å²) in [5, 5.41) is 0.859. The van der Waals surface area contributed by atoms with E-state index in [9.17, 15) is 0 Å². The van der Waals surface area contributed by atoms with Gasteiger partial charge in [-0.3, -0.25) is 0 Å². The molecule has 1 nitrogen and oxygen atoms in total. The third kappa shape index (κ3) is 1.72. The lowest BCUT2D eigenvalue weighted by atomic mass is 10.1. The van der Waals surface area contributed by atoms with Crippen molar-refractivity contribution >= 4 is 11.6 Å². The molecule has 1 aromatic rings. The highest BCUT2D eigenvalue weighted by Gasteiger charge is 2.22. The molecular weight excluding hydrogens is 182 g/mol. The zero-order chi connectivity index (χ0) is 9.42. The summed E-state index contributed by atoms with van der Waals surface area (Å²) in [5.41, 5.74) is 2.88. The van der Waals surface area contributed by atoms with Gasteiger partial charge in [-0.15, -0.1) is 0 Å². The van der Waals surface area contributed by atoms with Crippen LogP contribution in [0.2, 0.25) is 5.02 Å². The number of benzene rings is 1. The predicted molar refractivity (Wildman–Crippen MR) is 56.3 cm³/mol. The van der Waals surface area contributed by atoms with Crippen molar-refractivity contribution in [3.8, 4) is 0 Å². The quantitative estimate of drug-likeness (QED) is 0.665. The second-order valence-corrected chi connectivity index (χ2v) is 4.38. The minimum atomic E-state index is 0.661. The summed E-state index contributed by atoms with van der Waals surface area (Å²) < 4.78 is 0. The number of nitrogens with zero attached hydrogens (tertiary/aromatic N) is 1. The van der Waals surface area contributed by atoms with Crippen LogP contribution >= 0.6 is 11.6 Å². The number of hydrogen-bond acceptors (Lipinski definition) is 1. The molecule has 0 heterocycles. The minimum Gasteiger partial charge on any atom is -0.306 e. The van der Waals surface area contributed by atoms with Crippen LogP contribution in [0.25, 0.3) is 0 Å². The lowest BCUT2D eigenvalue weighted by molar-refractivity contribution is 0.303. The monoisotopic (exact) mass is 195 g/mol. The lowest BCUT2D eigenvalue weighted by Crippen LogP contribution is -2.27. The van der Waals surface area contributed by atoms with E-state index in [0.29, 0.717) is 6.04 Å². The lowest BCUT2D eigenvalue weighted by Gasteiger charge is -2.17. The number of rotatable bonds is 1. The van der Waals surface area contributed by atoms with Crippen molar-refractivity contribution in [1.29, 1.82) is 0 Å². The fourth-order valence-electron chi connectivity index (χ4n) is 1.93. The van der Waals surface area contributed by atoms with Crippen LogP contribution in [0.5, 0.6) is 0 Å². The average molecular weight is 196 g/mol. The normalized spacial score (nSPS) is 20.8. The van der Waals surface area contributed by atoms with E-state index in [-0.39, 0.29) is 0 Å². The molecule has 13 heavy (non-hydrogen) atoms. The van der Waals surface area contributed by atoms with E-state index in [1.165, 1.54) is 17.5 Å². The van der Waals surface area contributed by atoms with Gasteiger partial charge in [0, 0.05) is 11.1 Å². The molecule has 1 atom stereocenters. The molecule has 1 aliphatic rings. The standard InChI is InChI=1S/C11H14ClN/c1-13(2)11-6-8-3-4-10(12)5-9(8)7-11/h3-5,11H,6-7H2,1-2H3. The Balaban J connectivity index is 2.25. The van der Waals surface area contributed by atoms with E-state index in [4.69, 9.17) is 11.6 Å². The van der Waals surface area contributed by atoms with E-state index in [1.54, 1.807) is 0 Å². The Morgan fingerprint density at radius 3 is 2.62 bits per heavy atom. The molecule has 0 N–H and O–H groups in total. The van der Waals surface area contributed by atoms with Crippen LogP contribution in [0.4, 0.5) is 0 Å². The minimum absolute atomic E-state index is 0.661. The molecule has 0 amide bonds. The Hall–Kier alpha value is -0.530. The van der Waals surface area contributed by atoms with Crippen molar-refractivity contribution in [2.75, 3.05) is 14.1 Å².